The van der Waals surface area contributed by atoms with Crippen LogP contribution >= 0.6 is 57.7 Å². The molecule has 0 radical (unpaired) electrons. The van der Waals surface area contributed by atoms with Gasteiger partial charge in [-0.1, -0.05) is 46.4 Å². The van der Waals surface area contributed by atoms with E-state index in [1.54, 1.807) is 6.08 Å². The molecule has 0 unspecified atom stereocenters. The van der Waals surface area contributed by atoms with E-state index in [9.17, 15) is 9.59 Å². The molecule has 0 spiro atoms. The second-order valence-electron chi connectivity index (χ2n) is 4.17. The molecule has 0 saturated carbocycles. The summed E-state index contributed by atoms with van der Waals surface area (Å²) in [6.07, 6.45) is 2.05. The maximum Gasteiger partial charge on any atom is 0.165 e. The van der Waals surface area contributed by atoms with Gasteiger partial charge in [-0.3, -0.25) is 9.59 Å². The summed E-state index contributed by atoms with van der Waals surface area (Å²) in [5.74, 6) is -0.409. The number of Topliss-reactive ketones (excluding diaryl/α,β-unsaturated/α-hetero) is 2. The van der Waals surface area contributed by atoms with Crippen LogP contribution in [0.1, 0.15) is 29.6 Å². The van der Waals surface area contributed by atoms with Gasteiger partial charge in [-0.15, -0.1) is 11.3 Å². The Morgan fingerprint density at radius 1 is 1.10 bits per heavy atom. The SMILES string of the molecule is O=C(CCC(=O)c1cc(Cl)sc1Cl)C1=C(Cl)CC(Cl)=C1. The highest BCUT2D eigenvalue weighted by Gasteiger charge is 2.21. The van der Waals surface area contributed by atoms with Crippen molar-refractivity contribution in [2.45, 2.75) is 19.3 Å². The summed E-state index contributed by atoms with van der Waals surface area (Å²) in [6, 6.07) is 1.51. The molecule has 0 fully saturated rings. The normalized spacial score (nSPS) is 14.7. The van der Waals surface area contributed by atoms with Gasteiger partial charge in [0.1, 0.15) is 4.34 Å². The van der Waals surface area contributed by atoms with E-state index in [1.807, 2.05) is 0 Å². The number of carbonyl (C=O) groups is 2. The zero-order valence-corrected chi connectivity index (χ0v) is 13.9. The summed E-state index contributed by atoms with van der Waals surface area (Å²) in [7, 11) is 0. The molecule has 0 N–H and O–H groups in total. The maximum atomic E-state index is 12.0. The van der Waals surface area contributed by atoms with Gasteiger partial charge in [-0.2, -0.15) is 0 Å². The molecule has 20 heavy (non-hydrogen) atoms. The summed E-state index contributed by atoms with van der Waals surface area (Å²) in [5, 5.41) is 0.946. The minimum Gasteiger partial charge on any atom is -0.294 e. The van der Waals surface area contributed by atoms with Crippen molar-refractivity contribution in [2.24, 2.45) is 0 Å². The lowest BCUT2D eigenvalue weighted by Gasteiger charge is -2.01. The van der Waals surface area contributed by atoms with E-state index < -0.39 is 0 Å². The first-order chi connectivity index (χ1) is 9.38. The predicted molar refractivity (Wildman–Crippen MR) is 84.3 cm³/mol. The molecule has 1 aliphatic rings. The van der Waals surface area contributed by atoms with E-state index in [0.717, 1.165) is 11.3 Å². The molecule has 0 bridgehead atoms. The number of allylic oxidation sites excluding steroid dienone is 4. The van der Waals surface area contributed by atoms with Crippen molar-refractivity contribution in [1.29, 1.82) is 0 Å². The number of ketones is 2. The monoisotopic (exact) mass is 368 g/mol. The van der Waals surface area contributed by atoms with E-state index in [2.05, 4.69) is 0 Å². The molecule has 1 aromatic heterocycles. The van der Waals surface area contributed by atoms with Crippen LogP contribution in [0.4, 0.5) is 0 Å². The molecular weight excluding hydrogens is 362 g/mol. The second-order valence-corrected chi connectivity index (χ2v) is 7.40. The Morgan fingerprint density at radius 3 is 2.25 bits per heavy atom. The van der Waals surface area contributed by atoms with Gasteiger partial charge in [0.15, 0.2) is 11.6 Å². The zero-order valence-electron chi connectivity index (χ0n) is 10.0. The van der Waals surface area contributed by atoms with Crippen LogP contribution in [0.5, 0.6) is 0 Å². The Labute approximate surface area is 140 Å². The molecule has 2 rings (SSSR count). The quantitative estimate of drug-likeness (QED) is 0.632. The smallest absolute Gasteiger partial charge is 0.165 e. The number of thiophene rings is 1. The molecule has 1 aromatic rings. The topological polar surface area (TPSA) is 34.1 Å². The van der Waals surface area contributed by atoms with Crippen LogP contribution in [0, 0.1) is 0 Å². The predicted octanol–water partition coefficient (Wildman–Crippen LogP) is 5.61. The van der Waals surface area contributed by atoms with Gasteiger partial charge in [-0.25, -0.2) is 0 Å². The van der Waals surface area contributed by atoms with E-state index in [-0.39, 0.29) is 24.4 Å². The molecule has 0 saturated heterocycles. The van der Waals surface area contributed by atoms with Crippen LogP contribution in [-0.2, 0) is 4.79 Å². The summed E-state index contributed by atoms with van der Waals surface area (Å²) in [6.45, 7) is 0. The first kappa shape index (κ1) is 16.1. The molecule has 2 nitrogen and oxygen atoms in total. The third-order valence-electron chi connectivity index (χ3n) is 2.75. The van der Waals surface area contributed by atoms with Crippen LogP contribution in [0.15, 0.2) is 27.8 Å². The van der Waals surface area contributed by atoms with Gasteiger partial charge in [0.2, 0.25) is 0 Å². The van der Waals surface area contributed by atoms with Crippen LogP contribution in [0.25, 0.3) is 0 Å². The van der Waals surface area contributed by atoms with Gasteiger partial charge in [0, 0.05) is 40.5 Å². The molecule has 0 amide bonds. The average Bonchev–Trinajstić information content (AvgIpc) is 2.88. The molecule has 7 heteroatoms. The van der Waals surface area contributed by atoms with Crippen LogP contribution in [-0.4, -0.2) is 11.6 Å². The van der Waals surface area contributed by atoms with E-state index >= 15 is 0 Å². The van der Waals surface area contributed by atoms with Crippen LogP contribution in [0.3, 0.4) is 0 Å². The highest BCUT2D eigenvalue weighted by atomic mass is 35.5. The minimum absolute atomic E-state index is 0.0603. The lowest BCUT2D eigenvalue weighted by molar-refractivity contribution is -0.115. The number of halogens is 4. The second kappa shape index (κ2) is 6.63. The van der Waals surface area contributed by atoms with Crippen molar-refractivity contribution in [3.8, 4) is 0 Å². The molecule has 1 heterocycles. The standard InChI is InChI=1S/C13H8Cl4O2S/c14-6-3-7(9(15)4-6)10(18)1-2-11(19)8-5-12(16)20-13(8)17/h3,5H,1-2,4H2. The lowest BCUT2D eigenvalue weighted by atomic mass is 10.0. The Balaban J connectivity index is 1.99. The number of carbonyl (C=O) groups excluding carboxylic acids is 2. The molecule has 106 valence electrons. The number of hydrogen-bond acceptors (Lipinski definition) is 3. The number of hydrogen-bond donors (Lipinski definition) is 0. The van der Waals surface area contributed by atoms with E-state index in [0.29, 0.717) is 36.3 Å². The lowest BCUT2D eigenvalue weighted by Crippen LogP contribution is -2.06. The van der Waals surface area contributed by atoms with Crippen molar-refractivity contribution in [2.75, 3.05) is 0 Å². The van der Waals surface area contributed by atoms with Crippen molar-refractivity contribution in [3.63, 3.8) is 0 Å². The van der Waals surface area contributed by atoms with Crippen LogP contribution < -0.4 is 0 Å². The molecule has 0 aromatic carbocycles. The Bertz CT molecular complexity index is 643. The first-order valence-electron chi connectivity index (χ1n) is 5.64. The van der Waals surface area contributed by atoms with Gasteiger partial charge in [0.05, 0.1) is 4.34 Å². The van der Waals surface area contributed by atoms with Crippen LogP contribution in [0.2, 0.25) is 8.67 Å². The minimum atomic E-state index is -0.212. The summed E-state index contributed by atoms with van der Waals surface area (Å²) in [5.41, 5.74) is 0.744. The molecule has 0 atom stereocenters. The Kier molecular flexibility index (Phi) is 5.32. The van der Waals surface area contributed by atoms with Crippen molar-refractivity contribution in [3.05, 3.63) is 42.0 Å². The Hall–Kier alpha value is -0.320. The van der Waals surface area contributed by atoms with Gasteiger partial charge in [-0.05, 0) is 12.1 Å². The van der Waals surface area contributed by atoms with Crippen molar-refractivity contribution >= 4 is 69.3 Å². The molecular formula is C13H8Cl4O2S. The van der Waals surface area contributed by atoms with Crippen molar-refractivity contribution < 1.29 is 9.59 Å². The average molecular weight is 370 g/mol. The third kappa shape index (κ3) is 3.66. The fourth-order valence-corrected chi connectivity index (χ4v) is 3.90. The third-order valence-corrected chi connectivity index (χ3v) is 4.82. The summed E-state index contributed by atoms with van der Waals surface area (Å²) >= 11 is 24.5. The van der Waals surface area contributed by atoms with E-state index in [4.69, 9.17) is 46.4 Å². The Morgan fingerprint density at radius 2 is 1.75 bits per heavy atom. The molecule has 0 aliphatic heterocycles. The fraction of sp³-hybridized carbons (Fsp3) is 0.231. The maximum absolute atomic E-state index is 12.0. The summed E-state index contributed by atoms with van der Waals surface area (Å²) in [4.78, 5) is 23.9. The molecule has 1 aliphatic carbocycles. The van der Waals surface area contributed by atoms with Gasteiger partial charge in [0.25, 0.3) is 0 Å². The highest BCUT2D eigenvalue weighted by molar-refractivity contribution is 7.20. The van der Waals surface area contributed by atoms with Gasteiger partial charge < -0.3 is 0 Å². The van der Waals surface area contributed by atoms with E-state index in [1.165, 1.54) is 6.07 Å². The first-order valence-corrected chi connectivity index (χ1v) is 7.97. The summed E-state index contributed by atoms with van der Waals surface area (Å²) < 4.78 is 0.787. The van der Waals surface area contributed by atoms with Gasteiger partial charge >= 0.3 is 0 Å². The number of rotatable bonds is 5. The highest BCUT2D eigenvalue weighted by Crippen LogP contribution is 2.33. The van der Waals surface area contributed by atoms with Crippen molar-refractivity contribution in [1.82, 2.24) is 0 Å². The fourth-order valence-electron chi connectivity index (χ4n) is 1.79. The largest absolute Gasteiger partial charge is 0.294 e. The zero-order chi connectivity index (χ0) is 14.9.